The molecule has 0 amide bonds. The third-order valence-electron chi connectivity index (χ3n) is 2.77. The fraction of sp³-hybridized carbons (Fsp3) is 1.00. The van der Waals surface area contributed by atoms with Crippen molar-refractivity contribution in [1.29, 1.82) is 0 Å². The van der Waals surface area contributed by atoms with Crippen LogP contribution in [0.4, 0.5) is 0 Å². The van der Waals surface area contributed by atoms with Crippen LogP contribution in [0.15, 0.2) is 0 Å². The van der Waals surface area contributed by atoms with Crippen molar-refractivity contribution in [1.82, 2.24) is 5.32 Å². The van der Waals surface area contributed by atoms with E-state index < -0.39 is 0 Å². The molecule has 72 valence electrons. The Morgan fingerprint density at radius 3 is 2.25 bits per heavy atom. The van der Waals surface area contributed by atoms with E-state index in [9.17, 15) is 0 Å². The predicted molar refractivity (Wildman–Crippen MR) is 54.3 cm³/mol. The second-order valence-electron chi connectivity index (χ2n) is 5.33. The highest BCUT2D eigenvalue weighted by molar-refractivity contribution is 4.86. The average Bonchev–Trinajstić information content (AvgIpc) is 2.70. The van der Waals surface area contributed by atoms with Gasteiger partial charge in [-0.15, -0.1) is 0 Å². The Hall–Kier alpha value is -0.0400. The van der Waals surface area contributed by atoms with E-state index in [2.05, 4.69) is 33.1 Å². The van der Waals surface area contributed by atoms with Gasteiger partial charge >= 0.3 is 0 Å². The van der Waals surface area contributed by atoms with E-state index >= 15 is 0 Å². The van der Waals surface area contributed by atoms with Gasteiger partial charge in [0.05, 0.1) is 0 Å². The highest BCUT2D eigenvalue weighted by Crippen LogP contribution is 2.35. The number of hydrogen-bond donors (Lipinski definition) is 1. The van der Waals surface area contributed by atoms with Crippen LogP contribution in [-0.4, -0.2) is 13.1 Å². The maximum Gasteiger partial charge on any atom is 0.00925 e. The molecule has 0 saturated heterocycles. The molecule has 1 fully saturated rings. The molecule has 0 radical (unpaired) electrons. The maximum atomic E-state index is 3.44. The Morgan fingerprint density at radius 2 is 1.92 bits per heavy atom. The first-order valence-electron chi connectivity index (χ1n) is 5.20. The van der Waals surface area contributed by atoms with Crippen molar-refractivity contribution in [2.24, 2.45) is 11.3 Å². The lowest BCUT2D eigenvalue weighted by Crippen LogP contribution is -2.28. The minimum atomic E-state index is 0.504. The summed E-state index contributed by atoms with van der Waals surface area (Å²) in [6.07, 6.45) is 5.60. The van der Waals surface area contributed by atoms with Crippen molar-refractivity contribution in [3.05, 3.63) is 0 Å². The number of hydrogen-bond acceptors (Lipinski definition) is 1. The smallest absolute Gasteiger partial charge is 0.00925 e. The van der Waals surface area contributed by atoms with Crippen LogP contribution in [0.3, 0.4) is 0 Å². The summed E-state index contributed by atoms with van der Waals surface area (Å²) >= 11 is 0. The molecule has 0 spiro atoms. The minimum absolute atomic E-state index is 0.504. The first-order valence-corrected chi connectivity index (χ1v) is 5.20. The molecular formula is C11H23N. The zero-order chi connectivity index (χ0) is 9.19. The first kappa shape index (κ1) is 10.0. The monoisotopic (exact) mass is 169 g/mol. The third-order valence-corrected chi connectivity index (χ3v) is 2.77. The van der Waals surface area contributed by atoms with Crippen LogP contribution in [0.25, 0.3) is 0 Å². The highest BCUT2D eigenvalue weighted by atomic mass is 14.9. The van der Waals surface area contributed by atoms with Crippen molar-refractivity contribution in [2.45, 2.75) is 52.5 Å². The lowest BCUT2D eigenvalue weighted by atomic mass is 9.88. The van der Waals surface area contributed by atoms with Gasteiger partial charge in [-0.25, -0.2) is 0 Å². The van der Waals surface area contributed by atoms with Gasteiger partial charge in [0.15, 0.2) is 0 Å². The summed E-state index contributed by atoms with van der Waals surface area (Å²) in [5.41, 5.74) is 0.504. The Kier molecular flexibility index (Phi) is 3.16. The van der Waals surface area contributed by atoms with E-state index in [1.807, 2.05) is 0 Å². The maximum absolute atomic E-state index is 3.44. The minimum Gasteiger partial charge on any atom is -0.317 e. The third kappa shape index (κ3) is 3.57. The molecule has 0 aromatic carbocycles. The van der Waals surface area contributed by atoms with Crippen molar-refractivity contribution < 1.29 is 0 Å². The summed E-state index contributed by atoms with van der Waals surface area (Å²) in [5, 5.41) is 3.44. The molecule has 1 aliphatic carbocycles. The largest absolute Gasteiger partial charge is 0.317 e. The molecule has 1 heteroatoms. The van der Waals surface area contributed by atoms with Gasteiger partial charge in [-0.3, -0.25) is 0 Å². The van der Waals surface area contributed by atoms with E-state index in [0.29, 0.717) is 5.41 Å². The van der Waals surface area contributed by atoms with Crippen LogP contribution in [-0.2, 0) is 0 Å². The van der Waals surface area contributed by atoms with Crippen molar-refractivity contribution in [2.75, 3.05) is 7.05 Å². The highest BCUT2D eigenvalue weighted by Gasteiger charge is 2.30. The quantitative estimate of drug-likeness (QED) is 0.682. The molecule has 0 aliphatic heterocycles. The van der Waals surface area contributed by atoms with Gasteiger partial charge in [0.2, 0.25) is 0 Å². The lowest BCUT2D eigenvalue weighted by molar-refractivity contribution is 0.324. The fourth-order valence-corrected chi connectivity index (χ4v) is 1.70. The normalized spacial score (nSPS) is 21.0. The van der Waals surface area contributed by atoms with Crippen LogP contribution in [0.5, 0.6) is 0 Å². The molecule has 1 N–H and O–H groups in total. The van der Waals surface area contributed by atoms with Gasteiger partial charge in [0.1, 0.15) is 0 Å². The average molecular weight is 169 g/mol. The van der Waals surface area contributed by atoms with Crippen LogP contribution in [0.2, 0.25) is 0 Å². The molecule has 1 saturated carbocycles. The van der Waals surface area contributed by atoms with E-state index in [-0.39, 0.29) is 0 Å². The number of rotatable bonds is 4. The van der Waals surface area contributed by atoms with Gasteiger partial charge < -0.3 is 5.32 Å². The molecule has 0 aromatic heterocycles. The topological polar surface area (TPSA) is 12.0 Å². The Labute approximate surface area is 76.9 Å². The van der Waals surface area contributed by atoms with Crippen molar-refractivity contribution in [3.63, 3.8) is 0 Å². The molecule has 1 aliphatic rings. The Morgan fingerprint density at radius 1 is 1.33 bits per heavy atom. The Bertz CT molecular complexity index is 130. The molecule has 12 heavy (non-hydrogen) atoms. The molecule has 0 heterocycles. The van der Waals surface area contributed by atoms with Crippen molar-refractivity contribution >= 4 is 0 Å². The molecule has 0 bridgehead atoms. The zero-order valence-corrected chi connectivity index (χ0v) is 8.98. The van der Waals surface area contributed by atoms with Gasteiger partial charge in [0.25, 0.3) is 0 Å². The molecular weight excluding hydrogens is 146 g/mol. The zero-order valence-electron chi connectivity index (χ0n) is 8.98. The molecule has 1 nitrogen and oxygen atoms in total. The first-order chi connectivity index (χ1) is 5.53. The van der Waals surface area contributed by atoms with Crippen LogP contribution in [0.1, 0.15) is 46.5 Å². The van der Waals surface area contributed by atoms with Gasteiger partial charge in [-0.05, 0) is 44.1 Å². The predicted octanol–water partition coefficient (Wildman–Crippen LogP) is 2.81. The lowest BCUT2D eigenvalue weighted by Gasteiger charge is -2.22. The summed E-state index contributed by atoms with van der Waals surface area (Å²) in [6, 6.07) is 0.796. The molecule has 1 atom stereocenters. The summed E-state index contributed by atoms with van der Waals surface area (Å²) in [7, 11) is 2.10. The van der Waals surface area contributed by atoms with Crippen LogP contribution >= 0.6 is 0 Å². The van der Waals surface area contributed by atoms with Gasteiger partial charge in [-0.1, -0.05) is 20.8 Å². The molecule has 1 rings (SSSR count). The second-order valence-corrected chi connectivity index (χ2v) is 5.33. The standard InChI is InChI=1S/C11H23N/c1-11(2,3)8-7-10(12-4)9-5-6-9/h9-10,12H,5-8H2,1-4H3. The molecule has 1 unspecified atom stereocenters. The van der Waals surface area contributed by atoms with Crippen molar-refractivity contribution in [3.8, 4) is 0 Å². The van der Waals surface area contributed by atoms with Crippen LogP contribution < -0.4 is 5.32 Å². The number of nitrogens with one attached hydrogen (secondary N) is 1. The van der Waals surface area contributed by atoms with E-state index in [1.54, 1.807) is 0 Å². The van der Waals surface area contributed by atoms with E-state index in [4.69, 9.17) is 0 Å². The fourth-order valence-electron chi connectivity index (χ4n) is 1.70. The van der Waals surface area contributed by atoms with E-state index in [0.717, 1.165) is 12.0 Å². The SMILES string of the molecule is CNC(CCC(C)(C)C)C1CC1. The summed E-state index contributed by atoms with van der Waals surface area (Å²) < 4.78 is 0. The van der Waals surface area contributed by atoms with Crippen LogP contribution in [0, 0.1) is 11.3 Å². The second kappa shape index (κ2) is 3.78. The van der Waals surface area contributed by atoms with E-state index in [1.165, 1.54) is 25.7 Å². The summed E-state index contributed by atoms with van der Waals surface area (Å²) in [6.45, 7) is 6.98. The van der Waals surface area contributed by atoms with Gasteiger partial charge in [0, 0.05) is 6.04 Å². The molecule has 0 aromatic rings. The summed E-state index contributed by atoms with van der Waals surface area (Å²) in [4.78, 5) is 0. The van der Waals surface area contributed by atoms with Gasteiger partial charge in [-0.2, -0.15) is 0 Å². The summed E-state index contributed by atoms with van der Waals surface area (Å²) in [5.74, 6) is 0.998. The Balaban J connectivity index is 2.19.